The quantitative estimate of drug-likeness (QED) is 0.763. The van der Waals surface area contributed by atoms with Crippen molar-refractivity contribution in [1.29, 1.82) is 0 Å². The van der Waals surface area contributed by atoms with Crippen LogP contribution in [0.25, 0.3) is 0 Å². The van der Waals surface area contributed by atoms with Gasteiger partial charge in [-0.05, 0) is 19.3 Å². The Morgan fingerprint density at radius 2 is 2.22 bits per heavy atom. The molecule has 1 fully saturated rings. The number of nitrogens with one attached hydrogen (secondary N) is 1. The van der Waals surface area contributed by atoms with E-state index in [4.69, 9.17) is 5.11 Å². The summed E-state index contributed by atoms with van der Waals surface area (Å²) in [4.78, 5) is 11.1. The van der Waals surface area contributed by atoms with Crippen molar-refractivity contribution in [2.75, 3.05) is 25.5 Å². The molecule has 1 heterocycles. The predicted octanol–water partition coefficient (Wildman–Crippen LogP) is 1.26. The Hall–Kier alpha value is -1.20. The number of hydrogen-bond donors (Lipinski definition) is 2. The molecule has 2 N–H and O–H groups in total. The Bertz CT molecular complexity index is 351. The van der Waals surface area contributed by atoms with E-state index in [1.807, 2.05) is 13.2 Å². The zero-order chi connectivity index (χ0) is 12.8. The van der Waals surface area contributed by atoms with E-state index in [1.54, 1.807) is 6.20 Å². The Morgan fingerprint density at radius 1 is 1.39 bits per heavy atom. The third-order valence-corrected chi connectivity index (χ3v) is 3.52. The largest absolute Gasteiger partial charge is 0.396 e. The summed E-state index contributed by atoms with van der Waals surface area (Å²) >= 11 is 0. The highest BCUT2D eigenvalue weighted by molar-refractivity contribution is 5.29. The highest BCUT2D eigenvalue weighted by Gasteiger charge is 2.24. The minimum Gasteiger partial charge on any atom is -0.396 e. The molecule has 0 unspecified atom stereocenters. The molecule has 0 atom stereocenters. The van der Waals surface area contributed by atoms with Gasteiger partial charge in [-0.25, -0.2) is 4.98 Å². The summed E-state index contributed by atoms with van der Waals surface area (Å²) in [6.45, 7) is 2.03. The number of aliphatic hydroxyl groups excluding tert-OH is 1. The van der Waals surface area contributed by atoms with Crippen LogP contribution in [0.3, 0.4) is 0 Å². The second-order valence-electron chi connectivity index (χ2n) is 4.78. The first-order chi connectivity index (χ1) is 8.83. The van der Waals surface area contributed by atoms with Gasteiger partial charge >= 0.3 is 0 Å². The number of nitrogens with zero attached hydrogens (tertiary/aromatic N) is 3. The van der Waals surface area contributed by atoms with Crippen molar-refractivity contribution in [3.8, 4) is 0 Å². The molecule has 0 radical (unpaired) electrons. The molecule has 0 bridgehead atoms. The van der Waals surface area contributed by atoms with Gasteiger partial charge in [0.2, 0.25) is 0 Å². The number of aromatic nitrogens is 2. The topological polar surface area (TPSA) is 61.3 Å². The van der Waals surface area contributed by atoms with Gasteiger partial charge in [0.05, 0.1) is 18.1 Å². The maximum atomic E-state index is 8.96. The van der Waals surface area contributed by atoms with Gasteiger partial charge < -0.3 is 10.4 Å². The lowest BCUT2D eigenvalue weighted by Crippen LogP contribution is -2.40. The Kier molecular flexibility index (Phi) is 4.90. The van der Waals surface area contributed by atoms with E-state index in [-0.39, 0.29) is 6.61 Å². The molecule has 5 heteroatoms. The van der Waals surface area contributed by atoms with Gasteiger partial charge in [0.1, 0.15) is 5.82 Å². The van der Waals surface area contributed by atoms with Gasteiger partial charge in [-0.2, -0.15) is 0 Å². The van der Waals surface area contributed by atoms with E-state index < -0.39 is 0 Å². The maximum absolute atomic E-state index is 8.96. The molecule has 2 rings (SSSR count). The van der Waals surface area contributed by atoms with Gasteiger partial charge in [0.25, 0.3) is 0 Å². The zero-order valence-corrected chi connectivity index (χ0v) is 11.0. The fraction of sp³-hybridized carbons (Fsp3) is 0.692. The first-order valence-electron chi connectivity index (χ1n) is 6.67. The SMILES string of the molecule is CNc1cnc(CN(CCCO)C2CCC2)cn1. The van der Waals surface area contributed by atoms with Crippen molar-refractivity contribution in [3.63, 3.8) is 0 Å². The molecule has 100 valence electrons. The van der Waals surface area contributed by atoms with E-state index in [1.165, 1.54) is 19.3 Å². The van der Waals surface area contributed by atoms with Crippen LogP contribution < -0.4 is 5.32 Å². The van der Waals surface area contributed by atoms with E-state index >= 15 is 0 Å². The highest BCUT2D eigenvalue weighted by Crippen LogP contribution is 2.26. The Labute approximate surface area is 108 Å². The molecule has 1 aromatic heterocycles. The van der Waals surface area contributed by atoms with E-state index in [2.05, 4.69) is 20.2 Å². The second kappa shape index (κ2) is 6.66. The van der Waals surface area contributed by atoms with Crippen LogP contribution in [0.2, 0.25) is 0 Å². The van der Waals surface area contributed by atoms with E-state index in [0.717, 1.165) is 31.0 Å². The Balaban J connectivity index is 1.93. The van der Waals surface area contributed by atoms with Crippen molar-refractivity contribution >= 4 is 5.82 Å². The molecule has 0 spiro atoms. The van der Waals surface area contributed by atoms with Crippen molar-refractivity contribution < 1.29 is 5.11 Å². The van der Waals surface area contributed by atoms with Crippen LogP contribution in [0.1, 0.15) is 31.4 Å². The van der Waals surface area contributed by atoms with Crippen molar-refractivity contribution in [3.05, 3.63) is 18.1 Å². The monoisotopic (exact) mass is 250 g/mol. The molecule has 1 saturated carbocycles. The third kappa shape index (κ3) is 3.40. The lowest BCUT2D eigenvalue weighted by molar-refractivity contribution is 0.108. The van der Waals surface area contributed by atoms with Crippen LogP contribution in [0, 0.1) is 0 Å². The molecule has 0 amide bonds. The zero-order valence-electron chi connectivity index (χ0n) is 11.0. The molecular weight excluding hydrogens is 228 g/mol. The van der Waals surface area contributed by atoms with E-state index in [0.29, 0.717) is 6.04 Å². The highest BCUT2D eigenvalue weighted by atomic mass is 16.3. The van der Waals surface area contributed by atoms with Crippen LogP contribution in [-0.2, 0) is 6.54 Å². The molecule has 1 aliphatic carbocycles. The van der Waals surface area contributed by atoms with Crippen molar-refractivity contribution in [2.45, 2.75) is 38.3 Å². The number of rotatable bonds is 7. The summed E-state index contributed by atoms with van der Waals surface area (Å²) in [7, 11) is 1.84. The molecular formula is C13H22N4O. The normalized spacial score (nSPS) is 15.7. The van der Waals surface area contributed by atoms with Crippen LogP contribution in [-0.4, -0.2) is 46.2 Å². The van der Waals surface area contributed by atoms with Crippen LogP contribution >= 0.6 is 0 Å². The third-order valence-electron chi connectivity index (χ3n) is 3.52. The van der Waals surface area contributed by atoms with Gasteiger partial charge in [-0.1, -0.05) is 6.42 Å². The molecule has 0 saturated heterocycles. The van der Waals surface area contributed by atoms with Gasteiger partial charge in [0.15, 0.2) is 0 Å². The summed E-state index contributed by atoms with van der Waals surface area (Å²) in [5.74, 6) is 0.796. The van der Waals surface area contributed by atoms with Crippen LogP contribution in [0.15, 0.2) is 12.4 Å². The maximum Gasteiger partial charge on any atom is 0.144 e. The predicted molar refractivity (Wildman–Crippen MR) is 71.3 cm³/mol. The Morgan fingerprint density at radius 3 is 2.72 bits per heavy atom. The first-order valence-corrected chi connectivity index (χ1v) is 6.67. The minimum absolute atomic E-state index is 0.258. The van der Waals surface area contributed by atoms with E-state index in [9.17, 15) is 0 Å². The fourth-order valence-corrected chi connectivity index (χ4v) is 2.19. The summed E-state index contributed by atoms with van der Waals surface area (Å²) < 4.78 is 0. The van der Waals surface area contributed by atoms with Gasteiger partial charge in [-0.3, -0.25) is 9.88 Å². The summed E-state index contributed by atoms with van der Waals surface area (Å²) in [5.41, 5.74) is 0.999. The van der Waals surface area contributed by atoms with Crippen LogP contribution in [0.5, 0.6) is 0 Å². The second-order valence-corrected chi connectivity index (χ2v) is 4.78. The average molecular weight is 250 g/mol. The van der Waals surface area contributed by atoms with Crippen molar-refractivity contribution in [1.82, 2.24) is 14.9 Å². The number of anilines is 1. The van der Waals surface area contributed by atoms with Gasteiger partial charge in [0, 0.05) is 32.8 Å². The summed E-state index contributed by atoms with van der Waals surface area (Å²) in [6, 6.07) is 0.669. The molecule has 0 aromatic carbocycles. The number of aliphatic hydroxyl groups is 1. The minimum atomic E-state index is 0.258. The summed E-state index contributed by atoms with van der Waals surface area (Å²) in [6.07, 6.45) is 8.29. The lowest BCUT2D eigenvalue weighted by atomic mass is 9.91. The van der Waals surface area contributed by atoms with Gasteiger partial charge in [-0.15, -0.1) is 0 Å². The molecule has 5 nitrogen and oxygen atoms in total. The fourth-order valence-electron chi connectivity index (χ4n) is 2.19. The lowest BCUT2D eigenvalue weighted by Gasteiger charge is -2.37. The first kappa shape index (κ1) is 13.2. The number of hydrogen-bond acceptors (Lipinski definition) is 5. The standard InChI is InChI=1S/C13H22N4O/c1-14-13-9-15-11(8-16-13)10-17(6-3-7-18)12-4-2-5-12/h8-9,12,18H,2-7,10H2,1H3,(H,14,16). The molecule has 1 aromatic rings. The molecule has 18 heavy (non-hydrogen) atoms. The van der Waals surface area contributed by atoms with Crippen molar-refractivity contribution in [2.24, 2.45) is 0 Å². The summed E-state index contributed by atoms with van der Waals surface area (Å²) in [5, 5.41) is 11.9. The molecule has 0 aliphatic heterocycles. The smallest absolute Gasteiger partial charge is 0.144 e. The average Bonchev–Trinajstić information content (AvgIpc) is 2.34. The van der Waals surface area contributed by atoms with Crippen LogP contribution in [0.4, 0.5) is 5.82 Å². The molecule has 1 aliphatic rings.